The number of hydrogen-bond acceptors (Lipinski definition) is 5. The van der Waals surface area contributed by atoms with E-state index in [0.29, 0.717) is 16.8 Å². The average Bonchev–Trinajstić information content (AvgIpc) is 2.64. The van der Waals surface area contributed by atoms with Gasteiger partial charge in [0.25, 0.3) is 0 Å². The second-order valence-electron chi connectivity index (χ2n) is 5.26. The highest BCUT2D eigenvalue weighted by Gasteiger charge is 2.29. The van der Waals surface area contributed by atoms with E-state index < -0.39 is 25.9 Å². The lowest BCUT2D eigenvalue weighted by molar-refractivity contribution is 0.573. The number of rotatable bonds is 3. The van der Waals surface area contributed by atoms with Crippen LogP contribution in [0.1, 0.15) is 16.7 Å². The summed E-state index contributed by atoms with van der Waals surface area (Å²) in [5.41, 5.74) is 8.19. The number of nitrogens with two attached hydrogens (primary N) is 1. The molecule has 0 fully saturated rings. The third-order valence-corrected chi connectivity index (χ3v) is 6.64. The van der Waals surface area contributed by atoms with Gasteiger partial charge in [0.15, 0.2) is 9.84 Å². The van der Waals surface area contributed by atoms with E-state index in [1.54, 1.807) is 19.9 Å². The number of sulfone groups is 1. The van der Waals surface area contributed by atoms with Crippen LogP contribution in [0.15, 0.2) is 22.4 Å². The lowest BCUT2D eigenvalue weighted by Gasteiger charge is -2.17. The van der Waals surface area contributed by atoms with Crippen molar-refractivity contribution in [3.63, 3.8) is 0 Å². The van der Waals surface area contributed by atoms with Crippen molar-refractivity contribution in [2.24, 2.45) is 0 Å². The molecule has 116 valence electrons. The monoisotopic (exact) mass is 330 g/mol. The van der Waals surface area contributed by atoms with Crippen molar-refractivity contribution >= 4 is 25.5 Å². The van der Waals surface area contributed by atoms with Gasteiger partial charge in [0.05, 0.1) is 16.7 Å². The predicted octanol–water partition coefficient (Wildman–Crippen LogP) is 0.783. The molecule has 1 aromatic rings. The molecule has 8 heteroatoms. The van der Waals surface area contributed by atoms with Gasteiger partial charge in [-0.1, -0.05) is 12.1 Å². The van der Waals surface area contributed by atoms with Gasteiger partial charge in [0.2, 0.25) is 10.0 Å². The van der Waals surface area contributed by atoms with Crippen molar-refractivity contribution in [2.75, 3.05) is 11.5 Å². The highest BCUT2D eigenvalue weighted by molar-refractivity contribution is 7.94. The second kappa shape index (κ2) is 5.11. The fourth-order valence-electron chi connectivity index (χ4n) is 2.50. The molecule has 0 saturated heterocycles. The van der Waals surface area contributed by atoms with E-state index in [1.165, 1.54) is 6.08 Å². The summed E-state index contributed by atoms with van der Waals surface area (Å²) in [6.45, 7) is 5.14. The van der Waals surface area contributed by atoms with Crippen molar-refractivity contribution in [1.82, 2.24) is 4.72 Å². The van der Waals surface area contributed by atoms with E-state index in [1.807, 2.05) is 6.92 Å². The Morgan fingerprint density at radius 2 is 1.86 bits per heavy atom. The molecule has 6 nitrogen and oxygen atoms in total. The van der Waals surface area contributed by atoms with Gasteiger partial charge in [-0.2, -0.15) is 0 Å². The summed E-state index contributed by atoms with van der Waals surface area (Å²) in [6.07, 6.45) is 1.34. The summed E-state index contributed by atoms with van der Waals surface area (Å²) >= 11 is 0. The van der Waals surface area contributed by atoms with Gasteiger partial charge in [-0.25, -0.2) is 21.6 Å². The molecule has 0 amide bonds. The Morgan fingerprint density at radius 1 is 1.24 bits per heavy atom. The normalized spacial score (nSPS) is 20.8. The molecule has 0 saturated carbocycles. The van der Waals surface area contributed by atoms with E-state index in [9.17, 15) is 16.8 Å². The van der Waals surface area contributed by atoms with Gasteiger partial charge in [0, 0.05) is 11.1 Å². The first-order valence-electron chi connectivity index (χ1n) is 6.33. The number of hydrogen-bond donors (Lipinski definition) is 2. The molecule has 1 aliphatic heterocycles. The van der Waals surface area contributed by atoms with Gasteiger partial charge in [-0.15, -0.1) is 0 Å². The quantitative estimate of drug-likeness (QED) is 0.797. The molecule has 1 heterocycles. The molecule has 1 unspecified atom stereocenters. The van der Waals surface area contributed by atoms with Crippen molar-refractivity contribution in [3.05, 3.63) is 34.2 Å². The zero-order valence-corrected chi connectivity index (χ0v) is 13.7. The van der Waals surface area contributed by atoms with Crippen LogP contribution in [0.25, 0.3) is 0 Å². The Morgan fingerprint density at radius 3 is 2.38 bits per heavy atom. The van der Waals surface area contributed by atoms with Gasteiger partial charge in [0.1, 0.15) is 0 Å². The van der Waals surface area contributed by atoms with E-state index in [-0.39, 0.29) is 10.6 Å². The van der Waals surface area contributed by atoms with Gasteiger partial charge in [-0.05, 0) is 37.5 Å². The summed E-state index contributed by atoms with van der Waals surface area (Å²) in [5, 5.41) is 1.03. The number of sulfonamides is 1. The first kappa shape index (κ1) is 16.0. The third-order valence-electron chi connectivity index (χ3n) is 3.47. The molecular weight excluding hydrogens is 312 g/mol. The standard InChI is InChI=1S/C13H18N2O4S2/c1-8-6-9(2)13(10(3)12(8)14)21(18,19)15-11-4-5-20(16,17)7-11/h4-6,11,15H,7,14H2,1-3H3. The van der Waals surface area contributed by atoms with Gasteiger partial charge < -0.3 is 5.73 Å². The highest BCUT2D eigenvalue weighted by atomic mass is 32.2. The summed E-state index contributed by atoms with van der Waals surface area (Å²) in [5.74, 6) is -0.258. The van der Waals surface area contributed by atoms with Crippen LogP contribution in [0.5, 0.6) is 0 Å². The molecule has 0 bridgehead atoms. The smallest absolute Gasteiger partial charge is 0.241 e. The van der Waals surface area contributed by atoms with Gasteiger partial charge in [-0.3, -0.25) is 0 Å². The molecule has 1 aliphatic rings. The maximum absolute atomic E-state index is 12.5. The van der Waals surface area contributed by atoms with Gasteiger partial charge >= 0.3 is 0 Å². The van der Waals surface area contributed by atoms with Crippen LogP contribution in [0.3, 0.4) is 0 Å². The van der Waals surface area contributed by atoms with Crippen LogP contribution in [-0.4, -0.2) is 28.6 Å². The number of nitrogens with one attached hydrogen (secondary N) is 1. The largest absolute Gasteiger partial charge is 0.398 e. The van der Waals surface area contributed by atoms with E-state index in [4.69, 9.17) is 5.73 Å². The molecule has 2 rings (SSSR count). The topological polar surface area (TPSA) is 106 Å². The fraction of sp³-hybridized carbons (Fsp3) is 0.385. The molecule has 0 spiro atoms. The van der Waals surface area contributed by atoms with E-state index in [2.05, 4.69) is 4.72 Å². The summed E-state index contributed by atoms with van der Waals surface area (Å²) in [7, 11) is -7.16. The SMILES string of the molecule is Cc1cc(C)c(S(=O)(=O)NC2C=CS(=O)(=O)C2)c(C)c1N. The molecule has 3 N–H and O–H groups in total. The fourth-order valence-corrected chi connectivity index (χ4v) is 5.52. The Balaban J connectivity index is 2.42. The lowest BCUT2D eigenvalue weighted by atomic mass is 10.1. The van der Waals surface area contributed by atoms with Crippen molar-refractivity contribution in [1.29, 1.82) is 0 Å². The Hall–Kier alpha value is -1.38. The zero-order valence-electron chi connectivity index (χ0n) is 12.0. The Kier molecular flexibility index (Phi) is 3.90. The van der Waals surface area contributed by atoms with Crippen LogP contribution >= 0.6 is 0 Å². The Bertz CT molecular complexity index is 824. The van der Waals surface area contributed by atoms with Crippen molar-refractivity contribution in [3.8, 4) is 0 Å². The van der Waals surface area contributed by atoms with E-state index >= 15 is 0 Å². The van der Waals surface area contributed by atoms with Crippen LogP contribution < -0.4 is 10.5 Å². The highest BCUT2D eigenvalue weighted by Crippen LogP contribution is 2.28. The molecule has 0 radical (unpaired) electrons. The number of benzene rings is 1. The van der Waals surface area contributed by atoms with Crippen LogP contribution in [0.2, 0.25) is 0 Å². The maximum Gasteiger partial charge on any atom is 0.241 e. The molecule has 1 aromatic carbocycles. The second-order valence-corrected chi connectivity index (χ2v) is 8.85. The van der Waals surface area contributed by atoms with Crippen LogP contribution in [-0.2, 0) is 19.9 Å². The van der Waals surface area contributed by atoms with E-state index in [0.717, 1.165) is 11.0 Å². The Labute approximate surface area is 125 Å². The number of anilines is 1. The molecule has 21 heavy (non-hydrogen) atoms. The zero-order chi connectivity index (χ0) is 16.0. The molecule has 0 aromatic heterocycles. The van der Waals surface area contributed by atoms with Crippen LogP contribution in [0, 0.1) is 20.8 Å². The lowest BCUT2D eigenvalue weighted by Crippen LogP contribution is -2.36. The minimum atomic E-state index is -3.84. The average molecular weight is 330 g/mol. The minimum absolute atomic E-state index is 0.114. The first-order valence-corrected chi connectivity index (χ1v) is 9.53. The summed E-state index contributed by atoms with van der Waals surface area (Å²) < 4.78 is 50.1. The molecule has 0 aliphatic carbocycles. The summed E-state index contributed by atoms with van der Waals surface area (Å²) in [4.78, 5) is 0.114. The number of aryl methyl sites for hydroxylation is 2. The maximum atomic E-state index is 12.5. The molecular formula is C13H18N2O4S2. The third kappa shape index (κ3) is 3.12. The minimum Gasteiger partial charge on any atom is -0.398 e. The summed E-state index contributed by atoms with van der Waals surface area (Å²) in [6, 6.07) is 0.958. The van der Waals surface area contributed by atoms with Crippen LogP contribution in [0.4, 0.5) is 5.69 Å². The molecule has 1 atom stereocenters. The van der Waals surface area contributed by atoms with Crippen molar-refractivity contribution in [2.45, 2.75) is 31.7 Å². The first-order chi connectivity index (χ1) is 9.53. The predicted molar refractivity (Wildman–Crippen MR) is 82.1 cm³/mol. The van der Waals surface area contributed by atoms with Crippen molar-refractivity contribution < 1.29 is 16.8 Å². The number of nitrogen functional groups attached to an aromatic ring is 1.